The Balaban J connectivity index is 2.52. The molecule has 1 atom stereocenters. The van der Waals surface area contributed by atoms with E-state index in [0.717, 1.165) is 19.6 Å². The molecular weight excluding hydrogens is 468 g/mol. The number of carbonyl (C=O) groups excluding carboxylic acids is 1. The van der Waals surface area contributed by atoms with Gasteiger partial charge in [0.05, 0.1) is 12.0 Å². The molecule has 2 aromatic carbocycles. The molecule has 0 spiro atoms. The number of hydroxylamine groups is 1. The van der Waals surface area contributed by atoms with E-state index in [4.69, 9.17) is 9.47 Å². The second-order valence-electron chi connectivity index (χ2n) is 8.38. The van der Waals surface area contributed by atoms with Gasteiger partial charge >= 0.3 is 0 Å². The first-order chi connectivity index (χ1) is 16.8. The summed E-state index contributed by atoms with van der Waals surface area (Å²) >= 11 is 0. The van der Waals surface area contributed by atoms with Gasteiger partial charge in [0.2, 0.25) is 0 Å². The van der Waals surface area contributed by atoms with Crippen molar-refractivity contribution < 1.29 is 27.9 Å². The third kappa shape index (κ3) is 6.74. The van der Waals surface area contributed by atoms with Crippen LogP contribution in [0.2, 0.25) is 0 Å². The van der Waals surface area contributed by atoms with Crippen LogP contribution in [0.5, 0.6) is 11.5 Å². The van der Waals surface area contributed by atoms with Crippen molar-refractivity contribution >= 4 is 15.7 Å². The molecule has 0 aliphatic carbocycles. The maximum atomic E-state index is 14.0. The number of sulfone groups is 1. The van der Waals surface area contributed by atoms with Crippen LogP contribution in [0.1, 0.15) is 45.6 Å². The first kappa shape index (κ1) is 28.6. The van der Waals surface area contributed by atoms with Crippen LogP contribution in [0.3, 0.4) is 0 Å². The second-order valence-corrected chi connectivity index (χ2v) is 10.6. The third-order valence-corrected chi connectivity index (χ3v) is 8.80. The molecule has 1 unspecified atom stereocenters. The molecule has 0 radical (unpaired) electrons. The highest BCUT2D eigenvalue weighted by Crippen LogP contribution is 2.37. The number of unbranched alkanes of at least 4 members (excludes halogenated alkanes) is 1. The first-order valence-electron chi connectivity index (χ1n) is 12.1. The summed E-state index contributed by atoms with van der Waals surface area (Å²) in [5.74, 6) is 0.0672. The molecule has 0 aliphatic rings. The van der Waals surface area contributed by atoms with Crippen molar-refractivity contribution in [3.05, 3.63) is 54.1 Å². The molecule has 0 aliphatic heterocycles. The Kier molecular flexibility index (Phi) is 11.0. The van der Waals surface area contributed by atoms with E-state index in [1.54, 1.807) is 35.8 Å². The van der Waals surface area contributed by atoms with Crippen molar-refractivity contribution in [1.29, 1.82) is 0 Å². The Morgan fingerprint density at radius 2 is 1.71 bits per heavy atom. The average molecular weight is 507 g/mol. The number of amides is 1. The first-order valence-corrected chi connectivity index (χ1v) is 13.5. The molecule has 194 valence electrons. The van der Waals surface area contributed by atoms with Gasteiger partial charge in [0.25, 0.3) is 5.91 Å². The number of para-hydroxylation sites is 1. The highest BCUT2D eigenvalue weighted by atomic mass is 32.2. The second kappa shape index (κ2) is 13.5. The van der Waals surface area contributed by atoms with Gasteiger partial charge in [-0.1, -0.05) is 51.8 Å². The molecular formula is C26H38N2O6S. The van der Waals surface area contributed by atoms with Gasteiger partial charge in [0.15, 0.2) is 14.6 Å². The van der Waals surface area contributed by atoms with E-state index in [-0.39, 0.29) is 17.7 Å². The number of rotatable bonds is 15. The number of methoxy groups -OCH3 is 1. The fourth-order valence-corrected chi connectivity index (χ4v) is 6.10. The zero-order valence-electron chi connectivity index (χ0n) is 21.1. The van der Waals surface area contributed by atoms with E-state index >= 15 is 0 Å². The summed E-state index contributed by atoms with van der Waals surface area (Å²) in [6.45, 7) is 9.04. The highest BCUT2D eigenvalue weighted by Gasteiger charge is 2.51. The largest absolute Gasteiger partial charge is 0.497 e. The zero-order chi connectivity index (χ0) is 25.9. The standard InChI is InChI=1S/C26H38N2O6S/c1-5-8-17-26(25(29)27-30,35(31,32)23-15-13-22(33-4)14-16-23)20-21-11-9-10-12-24(21)34-19-18-28(6-2)7-3/h9-16,30H,5-8,17-20H2,1-4H3,(H,27,29). The van der Waals surface area contributed by atoms with Crippen LogP contribution in [0.4, 0.5) is 0 Å². The molecule has 0 saturated heterocycles. The molecule has 35 heavy (non-hydrogen) atoms. The normalized spacial score (nSPS) is 13.3. The minimum absolute atomic E-state index is 0.0158. The lowest BCUT2D eigenvalue weighted by atomic mass is 9.92. The fourth-order valence-electron chi connectivity index (χ4n) is 4.10. The highest BCUT2D eigenvalue weighted by molar-refractivity contribution is 7.93. The van der Waals surface area contributed by atoms with Crippen LogP contribution in [0.25, 0.3) is 0 Å². The van der Waals surface area contributed by atoms with Crippen molar-refractivity contribution in [3.63, 3.8) is 0 Å². The molecule has 0 saturated carbocycles. The number of hydrogen-bond acceptors (Lipinski definition) is 7. The van der Waals surface area contributed by atoms with Gasteiger partial charge in [0, 0.05) is 13.0 Å². The van der Waals surface area contributed by atoms with E-state index in [0.29, 0.717) is 36.5 Å². The number of carbonyl (C=O) groups is 1. The Morgan fingerprint density at radius 3 is 2.29 bits per heavy atom. The molecule has 1 amide bonds. The Labute approximate surface area is 209 Å². The van der Waals surface area contributed by atoms with E-state index in [9.17, 15) is 18.4 Å². The SMILES string of the molecule is CCCCC(Cc1ccccc1OCCN(CC)CC)(C(=O)NO)S(=O)(=O)c1ccc(OC)cc1. The van der Waals surface area contributed by atoms with Crippen LogP contribution in [0.15, 0.2) is 53.4 Å². The molecule has 2 rings (SSSR count). The Hall–Kier alpha value is -2.62. The van der Waals surface area contributed by atoms with Crippen molar-refractivity contribution in [2.24, 2.45) is 0 Å². The summed E-state index contributed by atoms with van der Waals surface area (Å²) in [4.78, 5) is 15.4. The number of hydrogen-bond donors (Lipinski definition) is 2. The van der Waals surface area contributed by atoms with Crippen LogP contribution in [-0.4, -0.2) is 62.5 Å². The van der Waals surface area contributed by atoms with E-state index in [1.807, 2.05) is 13.0 Å². The third-order valence-electron chi connectivity index (χ3n) is 6.34. The number of likely N-dealkylation sites (N-methyl/N-ethyl adjacent to an activating group) is 1. The molecule has 8 nitrogen and oxygen atoms in total. The predicted molar refractivity (Wildman–Crippen MR) is 136 cm³/mol. The van der Waals surface area contributed by atoms with Gasteiger partial charge < -0.3 is 14.4 Å². The topological polar surface area (TPSA) is 105 Å². The van der Waals surface area contributed by atoms with Crippen LogP contribution in [-0.2, 0) is 21.1 Å². The van der Waals surface area contributed by atoms with Crippen LogP contribution < -0.4 is 15.0 Å². The molecule has 9 heteroatoms. The maximum Gasteiger partial charge on any atom is 0.265 e. The van der Waals surface area contributed by atoms with Crippen LogP contribution in [0, 0.1) is 0 Å². The molecule has 2 aromatic rings. The quantitative estimate of drug-likeness (QED) is 0.279. The molecule has 2 N–H and O–H groups in total. The number of ether oxygens (including phenoxy) is 2. The maximum absolute atomic E-state index is 14.0. The lowest BCUT2D eigenvalue weighted by Gasteiger charge is -2.32. The van der Waals surface area contributed by atoms with Gasteiger partial charge in [-0.25, -0.2) is 13.9 Å². The van der Waals surface area contributed by atoms with E-state index in [2.05, 4.69) is 18.7 Å². The van der Waals surface area contributed by atoms with Crippen molar-refractivity contribution in [3.8, 4) is 11.5 Å². The Morgan fingerprint density at radius 1 is 1.06 bits per heavy atom. The molecule has 0 fully saturated rings. The van der Waals surface area contributed by atoms with E-state index in [1.165, 1.54) is 19.2 Å². The average Bonchev–Trinajstić information content (AvgIpc) is 2.89. The molecule has 0 heterocycles. The summed E-state index contributed by atoms with van der Waals surface area (Å²) in [7, 11) is -2.73. The molecule has 0 aromatic heterocycles. The van der Waals surface area contributed by atoms with E-state index < -0.39 is 20.5 Å². The predicted octanol–water partition coefficient (Wildman–Crippen LogP) is 3.87. The lowest BCUT2D eigenvalue weighted by molar-refractivity contribution is -0.132. The van der Waals surface area contributed by atoms with Crippen LogP contribution >= 0.6 is 0 Å². The Bertz CT molecular complexity index is 1040. The summed E-state index contributed by atoms with van der Waals surface area (Å²) in [5, 5.41) is 9.65. The van der Waals surface area contributed by atoms with Gasteiger partial charge in [-0.3, -0.25) is 10.0 Å². The van der Waals surface area contributed by atoms with Crippen molar-refractivity contribution in [2.45, 2.75) is 56.1 Å². The summed E-state index contributed by atoms with van der Waals surface area (Å²) < 4.78 is 37.3. The summed E-state index contributed by atoms with van der Waals surface area (Å²) in [6, 6.07) is 13.1. The lowest BCUT2D eigenvalue weighted by Crippen LogP contribution is -2.53. The summed E-state index contributed by atoms with van der Waals surface area (Å²) in [5.41, 5.74) is 2.22. The van der Waals surface area contributed by atoms with Crippen molar-refractivity contribution in [2.75, 3.05) is 33.4 Å². The minimum atomic E-state index is -4.22. The fraction of sp³-hybridized carbons (Fsp3) is 0.500. The number of nitrogens with one attached hydrogen (secondary N) is 1. The van der Waals surface area contributed by atoms with Gasteiger partial charge in [0.1, 0.15) is 18.1 Å². The van der Waals surface area contributed by atoms with Gasteiger partial charge in [-0.15, -0.1) is 0 Å². The number of benzene rings is 2. The summed E-state index contributed by atoms with van der Waals surface area (Å²) in [6.07, 6.45) is 1.06. The van der Waals surface area contributed by atoms with Gasteiger partial charge in [-0.2, -0.15) is 0 Å². The van der Waals surface area contributed by atoms with Gasteiger partial charge in [-0.05, 0) is 55.4 Å². The number of nitrogens with zero attached hydrogens (tertiary/aromatic N) is 1. The smallest absolute Gasteiger partial charge is 0.265 e. The minimum Gasteiger partial charge on any atom is -0.497 e. The zero-order valence-corrected chi connectivity index (χ0v) is 21.9. The monoisotopic (exact) mass is 506 g/mol. The molecule has 0 bridgehead atoms. The van der Waals surface area contributed by atoms with Crippen molar-refractivity contribution in [1.82, 2.24) is 10.4 Å².